The van der Waals surface area contributed by atoms with Crippen LogP contribution in [0.25, 0.3) is 0 Å². The van der Waals surface area contributed by atoms with Crippen molar-refractivity contribution in [2.45, 2.75) is 32.2 Å². The number of rotatable bonds is 3. The monoisotopic (exact) mass is 265 g/mol. The van der Waals surface area contributed by atoms with Gasteiger partial charge in [-0.15, -0.1) is 0 Å². The maximum Gasteiger partial charge on any atom is 0.328 e. The molecule has 2 rings (SSSR count). The zero-order valence-electron chi connectivity index (χ0n) is 11.3. The second kappa shape index (κ2) is 5.86. The molecule has 1 atom stereocenters. The summed E-state index contributed by atoms with van der Waals surface area (Å²) in [5, 5.41) is 0. The second-order valence-electron chi connectivity index (χ2n) is 4.65. The lowest BCUT2D eigenvalue weighted by molar-refractivity contribution is -0.149. The van der Waals surface area contributed by atoms with E-state index >= 15 is 0 Å². The van der Waals surface area contributed by atoms with Crippen molar-refractivity contribution in [3.05, 3.63) is 18.2 Å². The summed E-state index contributed by atoms with van der Waals surface area (Å²) in [6.45, 7) is 2.70. The van der Waals surface area contributed by atoms with E-state index in [1.54, 1.807) is 29.8 Å². The van der Waals surface area contributed by atoms with Gasteiger partial charge in [0.1, 0.15) is 11.7 Å². The third kappa shape index (κ3) is 2.77. The molecule has 1 aromatic heterocycles. The van der Waals surface area contributed by atoms with Crippen LogP contribution in [0.3, 0.4) is 0 Å². The average molecular weight is 265 g/mol. The quantitative estimate of drug-likeness (QED) is 0.764. The third-order valence-corrected chi connectivity index (χ3v) is 3.36. The summed E-state index contributed by atoms with van der Waals surface area (Å²) in [5.41, 5.74) is 0.496. The number of esters is 1. The number of imidazole rings is 1. The number of carbonyl (C=O) groups is 2. The van der Waals surface area contributed by atoms with Gasteiger partial charge in [0.05, 0.1) is 19.1 Å². The predicted molar refractivity (Wildman–Crippen MR) is 68.5 cm³/mol. The van der Waals surface area contributed by atoms with Gasteiger partial charge in [0, 0.05) is 13.6 Å². The molecule has 1 aromatic rings. The highest BCUT2D eigenvalue weighted by Crippen LogP contribution is 2.20. The Morgan fingerprint density at radius 1 is 1.47 bits per heavy atom. The van der Waals surface area contributed by atoms with Crippen molar-refractivity contribution in [3.8, 4) is 0 Å². The minimum absolute atomic E-state index is 0.155. The molecule has 1 unspecified atom stereocenters. The zero-order valence-corrected chi connectivity index (χ0v) is 11.3. The van der Waals surface area contributed by atoms with Crippen molar-refractivity contribution >= 4 is 11.9 Å². The Morgan fingerprint density at radius 3 is 2.89 bits per heavy atom. The first kappa shape index (κ1) is 13.6. The highest BCUT2D eigenvalue weighted by molar-refractivity contribution is 5.95. The van der Waals surface area contributed by atoms with E-state index in [0.29, 0.717) is 25.3 Å². The summed E-state index contributed by atoms with van der Waals surface area (Å²) >= 11 is 0. The van der Waals surface area contributed by atoms with Crippen LogP contribution in [-0.4, -0.2) is 45.5 Å². The average Bonchev–Trinajstić information content (AvgIpc) is 2.84. The standard InChI is InChI=1S/C13H19N3O3/c1-3-19-13(18)10-6-4-5-7-16(10)12(17)11-8-14-9-15(11)2/h8-10H,3-7H2,1-2H3. The number of amides is 1. The molecular formula is C13H19N3O3. The van der Waals surface area contributed by atoms with Crippen molar-refractivity contribution in [1.82, 2.24) is 14.5 Å². The molecule has 0 spiro atoms. The smallest absolute Gasteiger partial charge is 0.328 e. The molecule has 0 bridgehead atoms. The molecular weight excluding hydrogens is 246 g/mol. The van der Waals surface area contributed by atoms with Crippen LogP contribution < -0.4 is 0 Å². The van der Waals surface area contributed by atoms with Crippen LogP contribution in [0.2, 0.25) is 0 Å². The van der Waals surface area contributed by atoms with Gasteiger partial charge < -0.3 is 14.2 Å². The lowest BCUT2D eigenvalue weighted by Gasteiger charge is -2.33. The van der Waals surface area contributed by atoms with Crippen LogP contribution in [0.4, 0.5) is 0 Å². The molecule has 1 saturated heterocycles. The first-order valence-corrected chi connectivity index (χ1v) is 6.59. The Hall–Kier alpha value is -1.85. The minimum Gasteiger partial charge on any atom is -0.464 e. The predicted octanol–water partition coefficient (Wildman–Crippen LogP) is 0.978. The zero-order chi connectivity index (χ0) is 13.8. The molecule has 19 heavy (non-hydrogen) atoms. The summed E-state index contributed by atoms with van der Waals surface area (Å²) in [5.74, 6) is -0.463. The maximum absolute atomic E-state index is 12.5. The molecule has 104 valence electrons. The Labute approximate surface area is 112 Å². The largest absolute Gasteiger partial charge is 0.464 e. The second-order valence-corrected chi connectivity index (χ2v) is 4.65. The molecule has 2 heterocycles. The number of hydrogen-bond acceptors (Lipinski definition) is 4. The van der Waals surface area contributed by atoms with Gasteiger partial charge in [-0.2, -0.15) is 0 Å². The molecule has 1 aliphatic rings. The SMILES string of the molecule is CCOC(=O)C1CCCCN1C(=O)c1cncn1C. The molecule has 0 saturated carbocycles. The summed E-state index contributed by atoms with van der Waals surface area (Å²) < 4.78 is 6.72. The van der Waals surface area contributed by atoms with Crippen molar-refractivity contribution in [2.24, 2.45) is 7.05 Å². The topological polar surface area (TPSA) is 64.4 Å². The molecule has 0 aliphatic carbocycles. The van der Waals surface area contributed by atoms with Gasteiger partial charge in [-0.1, -0.05) is 0 Å². The van der Waals surface area contributed by atoms with E-state index in [1.165, 1.54) is 6.20 Å². The molecule has 0 radical (unpaired) electrons. The summed E-state index contributed by atoms with van der Waals surface area (Å²) in [7, 11) is 1.77. The Balaban J connectivity index is 2.18. The number of hydrogen-bond donors (Lipinski definition) is 0. The van der Waals surface area contributed by atoms with E-state index < -0.39 is 6.04 Å². The van der Waals surface area contributed by atoms with E-state index in [-0.39, 0.29) is 11.9 Å². The fourth-order valence-corrected chi connectivity index (χ4v) is 2.37. The highest BCUT2D eigenvalue weighted by atomic mass is 16.5. The van der Waals surface area contributed by atoms with Crippen LogP contribution in [0.15, 0.2) is 12.5 Å². The van der Waals surface area contributed by atoms with Crippen LogP contribution in [0, 0.1) is 0 Å². The number of nitrogens with zero attached hydrogens (tertiary/aromatic N) is 3. The van der Waals surface area contributed by atoms with E-state index in [9.17, 15) is 9.59 Å². The van der Waals surface area contributed by atoms with Crippen LogP contribution in [0.1, 0.15) is 36.7 Å². The van der Waals surface area contributed by atoms with Crippen molar-refractivity contribution < 1.29 is 14.3 Å². The van der Waals surface area contributed by atoms with Crippen molar-refractivity contribution in [3.63, 3.8) is 0 Å². The van der Waals surface area contributed by atoms with Crippen LogP contribution in [0.5, 0.6) is 0 Å². The minimum atomic E-state index is -0.462. The van der Waals surface area contributed by atoms with Crippen LogP contribution in [-0.2, 0) is 16.6 Å². The fraction of sp³-hybridized carbons (Fsp3) is 0.615. The van der Waals surface area contributed by atoms with Crippen molar-refractivity contribution in [1.29, 1.82) is 0 Å². The molecule has 6 heteroatoms. The number of aryl methyl sites for hydroxylation is 1. The van der Waals surface area contributed by atoms with E-state index in [2.05, 4.69) is 4.98 Å². The Kier molecular flexibility index (Phi) is 4.19. The van der Waals surface area contributed by atoms with Gasteiger partial charge in [-0.05, 0) is 26.2 Å². The number of carbonyl (C=O) groups excluding carboxylic acids is 2. The first-order chi connectivity index (χ1) is 9.15. The molecule has 0 aromatic carbocycles. The van der Waals surface area contributed by atoms with Gasteiger partial charge in [0.25, 0.3) is 5.91 Å². The summed E-state index contributed by atoms with van der Waals surface area (Å²) in [6.07, 6.45) is 5.64. The fourth-order valence-electron chi connectivity index (χ4n) is 2.37. The molecule has 0 N–H and O–H groups in total. The number of likely N-dealkylation sites (tertiary alicyclic amines) is 1. The van der Waals surface area contributed by atoms with Gasteiger partial charge in [0.2, 0.25) is 0 Å². The summed E-state index contributed by atoms with van der Waals surface area (Å²) in [4.78, 5) is 29.9. The first-order valence-electron chi connectivity index (χ1n) is 6.59. The number of aromatic nitrogens is 2. The molecule has 1 aliphatic heterocycles. The van der Waals surface area contributed by atoms with Crippen molar-refractivity contribution in [2.75, 3.05) is 13.2 Å². The third-order valence-electron chi connectivity index (χ3n) is 3.36. The lowest BCUT2D eigenvalue weighted by Crippen LogP contribution is -2.49. The lowest BCUT2D eigenvalue weighted by atomic mass is 10.0. The van der Waals surface area contributed by atoms with Gasteiger partial charge in [0.15, 0.2) is 0 Å². The summed E-state index contributed by atoms with van der Waals surface area (Å²) in [6, 6.07) is -0.462. The maximum atomic E-state index is 12.5. The highest BCUT2D eigenvalue weighted by Gasteiger charge is 2.34. The van der Waals surface area contributed by atoms with E-state index in [0.717, 1.165) is 12.8 Å². The Morgan fingerprint density at radius 2 is 2.26 bits per heavy atom. The van der Waals surface area contributed by atoms with E-state index in [1.807, 2.05) is 0 Å². The number of piperidine rings is 1. The molecule has 1 fully saturated rings. The Bertz CT molecular complexity index is 469. The van der Waals surface area contributed by atoms with E-state index in [4.69, 9.17) is 4.74 Å². The normalized spacial score (nSPS) is 19.3. The number of ether oxygens (including phenoxy) is 1. The van der Waals surface area contributed by atoms with Gasteiger partial charge >= 0.3 is 5.97 Å². The molecule has 6 nitrogen and oxygen atoms in total. The van der Waals surface area contributed by atoms with Gasteiger partial charge in [-0.25, -0.2) is 9.78 Å². The molecule has 1 amide bonds. The van der Waals surface area contributed by atoms with Gasteiger partial charge in [-0.3, -0.25) is 4.79 Å². The van der Waals surface area contributed by atoms with Crippen LogP contribution >= 0.6 is 0 Å².